The van der Waals surface area contributed by atoms with Crippen LogP contribution in [0.4, 0.5) is 0 Å². The number of hydrogen-bond acceptors (Lipinski definition) is 1. The Morgan fingerprint density at radius 2 is 1.32 bits per heavy atom. The molecule has 0 aromatic heterocycles. The molecule has 22 heavy (non-hydrogen) atoms. The summed E-state index contributed by atoms with van der Waals surface area (Å²) in [5, 5.41) is 10.7. The third kappa shape index (κ3) is 4.73. The molecule has 0 N–H and O–H groups in total. The van der Waals surface area contributed by atoms with E-state index in [1.54, 1.807) is 12.1 Å². The number of unbranched alkanes of at least 4 members (excludes halogenated alkanes) is 4. The maximum Gasteiger partial charge on any atom is 0.386 e. The molecule has 0 saturated carbocycles. The van der Waals surface area contributed by atoms with Crippen LogP contribution in [0.1, 0.15) is 54.9 Å². The van der Waals surface area contributed by atoms with Gasteiger partial charge in [0.1, 0.15) is 0 Å². The molecule has 2 rings (SSSR count). The Kier molecular flexibility index (Phi) is 6.20. The van der Waals surface area contributed by atoms with E-state index in [4.69, 9.17) is 0 Å². The Bertz CT molecular complexity index is 582. The van der Waals surface area contributed by atoms with Gasteiger partial charge in [-0.1, -0.05) is 69.0 Å². The standard InChI is InChI=1S/C20H23O2/c1-2-3-4-5-6-7-16-8-10-17(11-9-16)18-12-14-19(15-13-18)20(21)22/h8-15H,2-7H2,1H3. The van der Waals surface area contributed by atoms with Gasteiger partial charge in [-0.25, -0.2) is 9.90 Å². The molecule has 0 saturated heterocycles. The lowest BCUT2D eigenvalue weighted by atomic mass is 10.00. The first-order chi connectivity index (χ1) is 10.7. The van der Waals surface area contributed by atoms with E-state index in [0.29, 0.717) is 0 Å². The van der Waals surface area contributed by atoms with Gasteiger partial charge in [-0.15, -0.1) is 0 Å². The molecule has 2 heteroatoms. The molecule has 0 aliphatic carbocycles. The zero-order valence-electron chi connectivity index (χ0n) is 13.2. The maximum atomic E-state index is 10.7. The third-order valence-corrected chi connectivity index (χ3v) is 3.98. The highest BCUT2D eigenvalue weighted by atomic mass is 16.4. The van der Waals surface area contributed by atoms with Crippen molar-refractivity contribution in [2.45, 2.75) is 45.4 Å². The summed E-state index contributed by atoms with van der Waals surface area (Å²) in [6, 6.07) is 15.4. The summed E-state index contributed by atoms with van der Waals surface area (Å²) in [4.78, 5) is 10.7. The summed E-state index contributed by atoms with van der Waals surface area (Å²) in [6.45, 7) is 2.23. The van der Waals surface area contributed by atoms with Gasteiger partial charge in [0.25, 0.3) is 0 Å². The fourth-order valence-corrected chi connectivity index (χ4v) is 2.60. The first-order valence-electron chi connectivity index (χ1n) is 8.11. The maximum absolute atomic E-state index is 10.7. The molecule has 115 valence electrons. The second-order valence-electron chi connectivity index (χ2n) is 5.73. The van der Waals surface area contributed by atoms with E-state index in [0.717, 1.165) is 17.5 Å². The second kappa shape index (κ2) is 8.38. The summed E-state index contributed by atoms with van der Waals surface area (Å²) in [6.07, 6.45) is 7.64. The van der Waals surface area contributed by atoms with E-state index >= 15 is 0 Å². The van der Waals surface area contributed by atoms with Gasteiger partial charge in [-0.3, -0.25) is 0 Å². The van der Waals surface area contributed by atoms with Crippen LogP contribution in [0.15, 0.2) is 48.5 Å². The summed E-state index contributed by atoms with van der Waals surface area (Å²) in [5.74, 6) is -1.13. The summed E-state index contributed by atoms with van der Waals surface area (Å²) in [7, 11) is 0. The van der Waals surface area contributed by atoms with Crippen molar-refractivity contribution >= 4 is 5.97 Å². The zero-order chi connectivity index (χ0) is 15.8. The van der Waals surface area contributed by atoms with Gasteiger partial charge < -0.3 is 0 Å². The molecule has 2 aromatic rings. The smallest absolute Gasteiger partial charge is 0.242 e. The Morgan fingerprint density at radius 3 is 1.86 bits per heavy atom. The van der Waals surface area contributed by atoms with Crippen LogP contribution < -0.4 is 0 Å². The molecular formula is C20H23O2. The van der Waals surface area contributed by atoms with Gasteiger partial charge in [0.15, 0.2) is 0 Å². The average Bonchev–Trinajstić information content (AvgIpc) is 2.55. The normalized spacial score (nSPS) is 10.6. The Balaban J connectivity index is 1.92. The molecule has 1 radical (unpaired) electrons. The van der Waals surface area contributed by atoms with Crippen LogP contribution in [-0.4, -0.2) is 5.97 Å². The Hall–Kier alpha value is -2.09. The van der Waals surface area contributed by atoms with Crippen molar-refractivity contribution in [1.82, 2.24) is 0 Å². The molecule has 2 nitrogen and oxygen atoms in total. The van der Waals surface area contributed by atoms with E-state index in [-0.39, 0.29) is 5.56 Å². The van der Waals surface area contributed by atoms with Crippen LogP contribution in [-0.2, 0) is 11.5 Å². The fourth-order valence-electron chi connectivity index (χ4n) is 2.60. The van der Waals surface area contributed by atoms with Gasteiger partial charge in [-0.05, 0) is 41.7 Å². The van der Waals surface area contributed by atoms with E-state index in [2.05, 4.69) is 31.2 Å². The topological polar surface area (TPSA) is 37.0 Å². The monoisotopic (exact) mass is 295 g/mol. The Morgan fingerprint density at radius 1 is 0.773 bits per heavy atom. The quantitative estimate of drug-likeness (QED) is 0.598. The number of benzene rings is 2. The van der Waals surface area contributed by atoms with Gasteiger partial charge in [-0.2, -0.15) is 0 Å². The molecule has 2 aromatic carbocycles. The van der Waals surface area contributed by atoms with Gasteiger partial charge in [0, 0.05) is 0 Å². The van der Waals surface area contributed by atoms with Gasteiger partial charge >= 0.3 is 5.97 Å². The predicted octanol–water partition coefficient (Wildman–Crippen LogP) is 5.44. The second-order valence-corrected chi connectivity index (χ2v) is 5.73. The van der Waals surface area contributed by atoms with Crippen molar-refractivity contribution in [1.29, 1.82) is 0 Å². The van der Waals surface area contributed by atoms with E-state index in [1.165, 1.54) is 37.7 Å². The largest absolute Gasteiger partial charge is 0.386 e. The lowest BCUT2D eigenvalue weighted by Gasteiger charge is -2.05. The molecule has 0 unspecified atom stereocenters. The van der Waals surface area contributed by atoms with Crippen LogP contribution in [0.3, 0.4) is 0 Å². The Labute approximate surface area is 132 Å². The number of rotatable bonds is 8. The summed E-state index contributed by atoms with van der Waals surface area (Å²) in [5.41, 5.74) is 3.72. The van der Waals surface area contributed by atoms with Gasteiger partial charge in [0.2, 0.25) is 0 Å². The molecule has 0 bridgehead atoms. The predicted molar refractivity (Wildman–Crippen MR) is 89.4 cm³/mol. The number of aryl methyl sites for hydroxylation is 1. The highest BCUT2D eigenvalue weighted by Gasteiger charge is 2.05. The van der Waals surface area contributed by atoms with Gasteiger partial charge in [0.05, 0.1) is 5.56 Å². The van der Waals surface area contributed by atoms with Crippen molar-refractivity contribution in [2.75, 3.05) is 0 Å². The molecular weight excluding hydrogens is 272 g/mol. The molecule has 0 atom stereocenters. The first kappa shape index (κ1) is 16.3. The molecule has 0 heterocycles. The molecule has 0 aliphatic rings. The van der Waals surface area contributed by atoms with Crippen molar-refractivity contribution < 1.29 is 9.90 Å². The van der Waals surface area contributed by atoms with E-state index < -0.39 is 5.97 Å². The lowest BCUT2D eigenvalue weighted by Crippen LogP contribution is -1.93. The van der Waals surface area contributed by atoms with Crippen LogP contribution in [0.2, 0.25) is 0 Å². The first-order valence-corrected chi connectivity index (χ1v) is 8.11. The molecule has 0 amide bonds. The van der Waals surface area contributed by atoms with Crippen LogP contribution in [0, 0.1) is 0 Å². The van der Waals surface area contributed by atoms with Crippen molar-refractivity contribution in [2.24, 2.45) is 0 Å². The minimum absolute atomic E-state index is 0.215. The average molecular weight is 295 g/mol. The summed E-state index contributed by atoms with van der Waals surface area (Å²) >= 11 is 0. The lowest BCUT2D eigenvalue weighted by molar-refractivity contribution is 0.0573. The highest BCUT2D eigenvalue weighted by Crippen LogP contribution is 2.21. The van der Waals surface area contributed by atoms with Crippen LogP contribution >= 0.6 is 0 Å². The SMILES string of the molecule is CCCCCCCc1ccc(-c2ccc(C([O])=O)cc2)cc1. The zero-order valence-corrected chi connectivity index (χ0v) is 13.2. The third-order valence-electron chi connectivity index (χ3n) is 3.98. The number of carbonyl (C=O) groups excluding carboxylic acids is 1. The number of carbonyl (C=O) groups is 1. The van der Waals surface area contributed by atoms with E-state index in [1.807, 2.05) is 12.1 Å². The van der Waals surface area contributed by atoms with Crippen molar-refractivity contribution in [3.05, 3.63) is 59.7 Å². The molecule has 0 aliphatic heterocycles. The van der Waals surface area contributed by atoms with E-state index in [9.17, 15) is 9.90 Å². The minimum atomic E-state index is -1.13. The molecule has 0 spiro atoms. The summed E-state index contributed by atoms with van der Waals surface area (Å²) < 4.78 is 0. The number of hydrogen-bond donors (Lipinski definition) is 0. The van der Waals surface area contributed by atoms with Crippen LogP contribution in [0.5, 0.6) is 0 Å². The molecule has 0 fully saturated rings. The van der Waals surface area contributed by atoms with Crippen molar-refractivity contribution in [3.8, 4) is 11.1 Å². The van der Waals surface area contributed by atoms with Crippen molar-refractivity contribution in [3.63, 3.8) is 0 Å². The minimum Gasteiger partial charge on any atom is -0.242 e. The highest BCUT2D eigenvalue weighted by molar-refractivity contribution is 5.88. The van der Waals surface area contributed by atoms with Crippen LogP contribution in [0.25, 0.3) is 11.1 Å². The fraction of sp³-hybridized carbons (Fsp3) is 0.350.